The lowest BCUT2D eigenvalue weighted by Gasteiger charge is -2.34. The van der Waals surface area contributed by atoms with Gasteiger partial charge in [-0.15, -0.1) is 0 Å². The van der Waals surface area contributed by atoms with E-state index in [-0.39, 0.29) is 11.8 Å². The Balaban J connectivity index is 2.71. The summed E-state index contributed by atoms with van der Waals surface area (Å²) in [5.74, 6) is -0.0952. The van der Waals surface area contributed by atoms with Crippen molar-refractivity contribution < 1.29 is 14.3 Å². The molecule has 0 heterocycles. The lowest BCUT2D eigenvalue weighted by Crippen LogP contribution is -2.37. The van der Waals surface area contributed by atoms with Crippen LogP contribution in [0.5, 0.6) is 0 Å². The Kier molecular flexibility index (Phi) is 10.2. The fraction of sp³-hybridized carbons (Fsp3) is 0.600. The zero-order valence-corrected chi connectivity index (χ0v) is 18.7. The van der Waals surface area contributed by atoms with Gasteiger partial charge in [0.15, 0.2) is 5.78 Å². The first-order valence-electron chi connectivity index (χ1n) is 10.5. The minimum absolute atomic E-state index is 0.104. The Morgan fingerprint density at radius 3 is 2.25 bits per heavy atom. The summed E-state index contributed by atoms with van der Waals surface area (Å²) in [6, 6.07) is 0. The second-order valence-electron chi connectivity index (χ2n) is 8.26. The molecule has 1 rings (SSSR count). The van der Waals surface area contributed by atoms with E-state index < -0.39 is 5.41 Å². The second kappa shape index (κ2) is 11.8. The Hall–Kier alpha value is -1.90. The lowest BCUT2D eigenvalue weighted by molar-refractivity contribution is -0.153. The number of ether oxygens (including phenoxy) is 1. The summed E-state index contributed by atoms with van der Waals surface area (Å²) in [4.78, 5) is 24.4. The number of rotatable bonds is 10. The number of hydrogen-bond donors (Lipinski definition) is 0. The Bertz CT molecular complexity index is 672. The van der Waals surface area contributed by atoms with E-state index in [1.54, 1.807) is 6.08 Å². The fourth-order valence-electron chi connectivity index (χ4n) is 3.55. The largest absolute Gasteiger partial charge is 0.465 e. The van der Waals surface area contributed by atoms with Gasteiger partial charge in [0, 0.05) is 6.42 Å². The van der Waals surface area contributed by atoms with E-state index in [1.807, 2.05) is 13.8 Å². The highest BCUT2D eigenvalue weighted by molar-refractivity contribution is 5.95. The summed E-state index contributed by atoms with van der Waals surface area (Å²) >= 11 is 0. The van der Waals surface area contributed by atoms with Crippen molar-refractivity contribution in [1.29, 1.82) is 0 Å². The highest BCUT2D eigenvalue weighted by Crippen LogP contribution is 2.41. The van der Waals surface area contributed by atoms with Gasteiger partial charge >= 0.3 is 5.97 Å². The molecule has 0 spiro atoms. The molecular formula is C25H38O3. The van der Waals surface area contributed by atoms with Gasteiger partial charge in [-0.2, -0.15) is 0 Å². The van der Waals surface area contributed by atoms with Gasteiger partial charge in [0.1, 0.15) is 0 Å². The van der Waals surface area contributed by atoms with Crippen LogP contribution in [0.25, 0.3) is 0 Å². The Morgan fingerprint density at radius 1 is 1.07 bits per heavy atom. The minimum Gasteiger partial charge on any atom is -0.465 e. The van der Waals surface area contributed by atoms with Gasteiger partial charge in [-0.25, -0.2) is 0 Å². The maximum absolute atomic E-state index is 12.7. The van der Waals surface area contributed by atoms with Gasteiger partial charge in [0.05, 0.1) is 12.0 Å². The number of hydrogen-bond acceptors (Lipinski definition) is 3. The van der Waals surface area contributed by atoms with E-state index >= 15 is 0 Å². The first-order chi connectivity index (χ1) is 13.2. The van der Waals surface area contributed by atoms with Gasteiger partial charge in [-0.05, 0) is 86.1 Å². The van der Waals surface area contributed by atoms with Crippen molar-refractivity contribution >= 4 is 11.8 Å². The molecule has 0 saturated carbocycles. The molecule has 28 heavy (non-hydrogen) atoms. The SMILES string of the molecule is CCOC(=O)C1(C/C=C(\C)CC/C=C(\C)CCC=C(C)C)CCC(=O)C=C1C. The van der Waals surface area contributed by atoms with Crippen molar-refractivity contribution in [2.45, 2.75) is 86.5 Å². The minimum atomic E-state index is -0.679. The molecule has 0 fully saturated rings. The van der Waals surface area contributed by atoms with E-state index in [0.29, 0.717) is 25.9 Å². The van der Waals surface area contributed by atoms with Crippen molar-refractivity contribution in [3.63, 3.8) is 0 Å². The quantitative estimate of drug-likeness (QED) is 0.312. The summed E-state index contributed by atoms with van der Waals surface area (Å²) in [6.45, 7) is 12.7. The zero-order valence-electron chi connectivity index (χ0n) is 18.7. The summed E-state index contributed by atoms with van der Waals surface area (Å²) in [6.07, 6.45) is 14.2. The topological polar surface area (TPSA) is 43.4 Å². The molecule has 156 valence electrons. The molecule has 0 bridgehead atoms. The molecule has 0 aromatic rings. The Morgan fingerprint density at radius 2 is 1.68 bits per heavy atom. The first kappa shape index (κ1) is 24.1. The van der Waals surface area contributed by atoms with Gasteiger partial charge in [-0.1, -0.05) is 40.5 Å². The van der Waals surface area contributed by atoms with Crippen LogP contribution in [-0.4, -0.2) is 18.4 Å². The fourth-order valence-corrected chi connectivity index (χ4v) is 3.55. The molecule has 1 aliphatic carbocycles. The monoisotopic (exact) mass is 386 g/mol. The zero-order chi connectivity index (χ0) is 21.2. The van der Waals surface area contributed by atoms with Crippen molar-refractivity contribution in [3.8, 4) is 0 Å². The maximum atomic E-state index is 12.7. The molecule has 0 N–H and O–H groups in total. The third kappa shape index (κ3) is 7.61. The number of carbonyl (C=O) groups excluding carboxylic acids is 2. The normalized spacial score (nSPS) is 20.6. The summed E-state index contributed by atoms with van der Waals surface area (Å²) in [5.41, 5.74) is 4.23. The van der Waals surface area contributed by atoms with Crippen LogP contribution in [0.1, 0.15) is 86.5 Å². The highest BCUT2D eigenvalue weighted by atomic mass is 16.5. The van der Waals surface area contributed by atoms with Crippen LogP contribution in [0.3, 0.4) is 0 Å². The van der Waals surface area contributed by atoms with Gasteiger partial charge < -0.3 is 4.74 Å². The molecule has 0 amide bonds. The van der Waals surface area contributed by atoms with Gasteiger partial charge in [0.2, 0.25) is 0 Å². The highest BCUT2D eigenvalue weighted by Gasteiger charge is 2.43. The van der Waals surface area contributed by atoms with E-state index in [1.165, 1.54) is 16.7 Å². The van der Waals surface area contributed by atoms with E-state index in [0.717, 1.165) is 31.3 Å². The lowest BCUT2D eigenvalue weighted by atomic mass is 9.70. The van der Waals surface area contributed by atoms with Gasteiger partial charge in [0.25, 0.3) is 0 Å². The predicted octanol–water partition coefficient (Wildman–Crippen LogP) is 6.65. The van der Waals surface area contributed by atoms with Crippen molar-refractivity contribution in [1.82, 2.24) is 0 Å². The van der Waals surface area contributed by atoms with Crippen LogP contribution in [0.4, 0.5) is 0 Å². The molecule has 0 radical (unpaired) electrons. The van der Waals surface area contributed by atoms with Crippen LogP contribution >= 0.6 is 0 Å². The van der Waals surface area contributed by atoms with Crippen LogP contribution in [0.2, 0.25) is 0 Å². The molecule has 0 aromatic heterocycles. The predicted molar refractivity (Wildman–Crippen MR) is 117 cm³/mol. The second-order valence-corrected chi connectivity index (χ2v) is 8.26. The molecular weight excluding hydrogens is 348 g/mol. The standard InChI is InChI=1S/C25H38O3/c1-7-28-24(27)25(17-15-23(26)18-22(25)6)16-14-21(5)13-9-12-20(4)11-8-10-19(2)3/h10,12,14,18H,7-9,11,13,15-17H2,1-6H3/b20-12+,21-14+. The van der Waals surface area contributed by atoms with Crippen molar-refractivity contribution in [3.05, 3.63) is 46.6 Å². The molecule has 0 saturated heterocycles. The molecule has 1 aliphatic rings. The maximum Gasteiger partial charge on any atom is 0.316 e. The van der Waals surface area contributed by atoms with E-state index in [9.17, 15) is 9.59 Å². The number of esters is 1. The van der Waals surface area contributed by atoms with Gasteiger partial charge in [-0.3, -0.25) is 9.59 Å². The number of carbonyl (C=O) groups is 2. The number of allylic oxidation sites excluding steroid dienone is 7. The smallest absolute Gasteiger partial charge is 0.316 e. The van der Waals surface area contributed by atoms with Crippen molar-refractivity contribution in [2.75, 3.05) is 6.61 Å². The van der Waals surface area contributed by atoms with Crippen LogP contribution in [0, 0.1) is 5.41 Å². The van der Waals surface area contributed by atoms with E-state index in [4.69, 9.17) is 4.74 Å². The molecule has 0 aliphatic heterocycles. The molecule has 1 atom stereocenters. The molecule has 3 heteroatoms. The van der Waals surface area contributed by atoms with Crippen LogP contribution < -0.4 is 0 Å². The first-order valence-corrected chi connectivity index (χ1v) is 10.5. The summed E-state index contributed by atoms with van der Waals surface area (Å²) < 4.78 is 5.36. The van der Waals surface area contributed by atoms with Crippen LogP contribution in [0.15, 0.2) is 46.6 Å². The van der Waals surface area contributed by atoms with Crippen molar-refractivity contribution in [2.24, 2.45) is 5.41 Å². The molecule has 3 nitrogen and oxygen atoms in total. The number of ketones is 1. The molecule has 1 unspecified atom stereocenters. The summed E-state index contributed by atoms with van der Waals surface area (Å²) in [5, 5.41) is 0. The average Bonchev–Trinajstić information content (AvgIpc) is 2.61. The average molecular weight is 387 g/mol. The third-order valence-electron chi connectivity index (χ3n) is 5.52. The van der Waals surface area contributed by atoms with Crippen LogP contribution in [-0.2, 0) is 14.3 Å². The third-order valence-corrected chi connectivity index (χ3v) is 5.52. The molecule has 0 aromatic carbocycles. The Labute approximate surface area is 171 Å². The summed E-state index contributed by atoms with van der Waals surface area (Å²) in [7, 11) is 0. The van der Waals surface area contributed by atoms with E-state index in [2.05, 4.69) is 45.9 Å².